The third-order valence-electron chi connectivity index (χ3n) is 2.83. The van der Waals surface area contributed by atoms with Crippen LogP contribution in [0.2, 0.25) is 0 Å². The van der Waals surface area contributed by atoms with Crippen molar-refractivity contribution in [3.05, 3.63) is 28.2 Å². The highest BCUT2D eigenvalue weighted by Crippen LogP contribution is 2.25. The third kappa shape index (κ3) is 2.37. The molecule has 0 saturated carbocycles. The van der Waals surface area contributed by atoms with Crippen LogP contribution in [0.15, 0.2) is 22.7 Å². The van der Waals surface area contributed by atoms with Gasteiger partial charge in [0.25, 0.3) is 0 Å². The number of nitrogens with zero attached hydrogens (tertiary/aromatic N) is 2. The lowest BCUT2D eigenvalue weighted by Crippen LogP contribution is -2.38. The summed E-state index contributed by atoms with van der Waals surface area (Å²) in [6.45, 7) is 1.65. The Hall–Kier alpha value is -1.05. The van der Waals surface area contributed by atoms with E-state index in [0.29, 0.717) is 12.1 Å². The summed E-state index contributed by atoms with van der Waals surface area (Å²) >= 11 is 3.38. The summed E-state index contributed by atoms with van der Waals surface area (Å²) < 4.78 is 0.813. The van der Waals surface area contributed by atoms with Gasteiger partial charge in [-0.15, -0.1) is 0 Å². The number of rotatable bonds is 1. The smallest absolute Gasteiger partial charge is 0.100 e. The Morgan fingerprint density at radius 3 is 2.94 bits per heavy atom. The molecule has 2 rings (SSSR count). The van der Waals surface area contributed by atoms with Crippen molar-refractivity contribution in [3.63, 3.8) is 0 Å². The zero-order chi connectivity index (χ0) is 11.5. The summed E-state index contributed by atoms with van der Waals surface area (Å²) in [7, 11) is 0. The van der Waals surface area contributed by atoms with E-state index in [4.69, 9.17) is 5.26 Å². The van der Waals surface area contributed by atoms with Gasteiger partial charge >= 0.3 is 0 Å². The Labute approximate surface area is 103 Å². The summed E-state index contributed by atoms with van der Waals surface area (Å²) in [5, 5.41) is 18.4. The summed E-state index contributed by atoms with van der Waals surface area (Å²) in [5.41, 5.74) is 1.70. The second-order valence-corrected chi connectivity index (χ2v) is 4.87. The standard InChI is InChI=1S/C12H13BrN2O/c13-12-6-10(4-3-9(12)7-14)15-5-1-2-11(16)8-15/h3-4,6,11,16H,1-2,5,8H2/t11-/m0/s1. The lowest BCUT2D eigenvalue weighted by molar-refractivity contribution is 0.154. The quantitative estimate of drug-likeness (QED) is 0.859. The molecule has 1 aromatic rings. The molecule has 4 heteroatoms. The Morgan fingerprint density at radius 1 is 1.50 bits per heavy atom. The molecule has 1 N–H and O–H groups in total. The number of halogens is 1. The molecule has 84 valence electrons. The van der Waals surface area contributed by atoms with Gasteiger partial charge in [0.1, 0.15) is 6.07 Å². The molecule has 0 amide bonds. The van der Waals surface area contributed by atoms with E-state index < -0.39 is 0 Å². The fraction of sp³-hybridized carbons (Fsp3) is 0.417. The largest absolute Gasteiger partial charge is 0.391 e. The predicted octanol–water partition coefficient (Wildman–Crippen LogP) is 2.28. The normalized spacial score (nSPS) is 20.6. The molecule has 1 fully saturated rings. The van der Waals surface area contributed by atoms with Crippen LogP contribution in [0.3, 0.4) is 0 Å². The number of nitriles is 1. The van der Waals surface area contributed by atoms with E-state index >= 15 is 0 Å². The molecule has 3 nitrogen and oxygen atoms in total. The van der Waals surface area contributed by atoms with Crippen molar-refractivity contribution < 1.29 is 5.11 Å². The lowest BCUT2D eigenvalue weighted by Gasteiger charge is -2.32. The van der Waals surface area contributed by atoms with Crippen LogP contribution in [0.4, 0.5) is 5.69 Å². The maximum absolute atomic E-state index is 9.61. The van der Waals surface area contributed by atoms with E-state index in [-0.39, 0.29) is 6.10 Å². The average molecular weight is 281 g/mol. The Morgan fingerprint density at radius 2 is 2.31 bits per heavy atom. The molecule has 0 unspecified atom stereocenters. The topological polar surface area (TPSA) is 47.3 Å². The predicted molar refractivity (Wildman–Crippen MR) is 66.3 cm³/mol. The minimum absolute atomic E-state index is 0.233. The van der Waals surface area contributed by atoms with Gasteiger partial charge in [-0.05, 0) is 47.0 Å². The average Bonchev–Trinajstić information content (AvgIpc) is 2.29. The van der Waals surface area contributed by atoms with Crippen LogP contribution in [0.5, 0.6) is 0 Å². The SMILES string of the molecule is N#Cc1ccc(N2CCC[C@H](O)C2)cc1Br. The van der Waals surface area contributed by atoms with Crippen LogP contribution in [0.1, 0.15) is 18.4 Å². The Balaban J connectivity index is 2.21. The van der Waals surface area contributed by atoms with Crippen LogP contribution in [0.25, 0.3) is 0 Å². The molecule has 0 radical (unpaired) electrons. The molecule has 0 spiro atoms. The summed E-state index contributed by atoms with van der Waals surface area (Å²) in [5.74, 6) is 0. The number of hydrogen-bond donors (Lipinski definition) is 1. The van der Waals surface area contributed by atoms with Crippen LogP contribution in [0, 0.1) is 11.3 Å². The zero-order valence-electron chi connectivity index (χ0n) is 8.86. The summed E-state index contributed by atoms with van der Waals surface area (Å²) in [6.07, 6.45) is 1.66. The maximum Gasteiger partial charge on any atom is 0.100 e. The van der Waals surface area contributed by atoms with Crippen LogP contribution >= 0.6 is 15.9 Å². The van der Waals surface area contributed by atoms with Gasteiger partial charge < -0.3 is 10.0 Å². The second-order valence-electron chi connectivity index (χ2n) is 4.02. The monoisotopic (exact) mass is 280 g/mol. The molecule has 1 atom stereocenters. The highest BCUT2D eigenvalue weighted by atomic mass is 79.9. The number of piperidine rings is 1. The zero-order valence-corrected chi connectivity index (χ0v) is 10.4. The molecular formula is C12H13BrN2O. The van der Waals surface area contributed by atoms with E-state index in [1.807, 2.05) is 12.1 Å². The van der Waals surface area contributed by atoms with Crippen LogP contribution in [-0.2, 0) is 0 Å². The molecule has 1 aliphatic rings. The molecule has 1 aromatic carbocycles. The first-order valence-electron chi connectivity index (χ1n) is 5.33. The molecule has 1 aliphatic heterocycles. The van der Waals surface area contributed by atoms with Gasteiger partial charge in [0.05, 0.1) is 11.7 Å². The number of anilines is 1. The minimum Gasteiger partial charge on any atom is -0.391 e. The summed E-state index contributed by atoms with van der Waals surface area (Å²) in [6, 6.07) is 7.80. The van der Waals surface area contributed by atoms with Crippen molar-refractivity contribution in [2.45, 2.75) is 18.9 Å². The van der Waals surface area contributed by atoms with E-state index in [1.165, 1.54) is 0 Å². The van der Waals surface area contributed by atoms with E-state index in [9.17, 15) is 5.11 Å². The first-order valence-corrected chi connectivity index (χ1v) is 6.12. The van der Waals surface area contributed by atoms with Gasteiger partial charge in [-0.3, -0.25) is 0 Å². The van der Waals surface area contributed by atoms with Crippen molar-refractivity contribution in [2.24, 2.45) is 0 Å². The number of benzene rings is 1. The number of β-amino-alcohol motifs (C(OH)–C–C–N with tert-alkyl or cyclic N) is 1. The van der Waals surface area contributed by atoms with Gasteiger partial charge in [-0.2, -0.15) is 5.26 Å². The highest BCUT2D eigenvalue weighted by Gasteiger charge is 2.18. The third-order valence-corrected chi connectivity index (χ3v) is 3.49. The maximum atomic E-state index is 9.61. The van der Waals surface area contributed by atoms with Crippen molar-refractivity contribution in [1.82, 2.24) is 0 Å². The molecule has 0 bridgehead atoms. The van der Waals surface area contributed by atoms with Gasteiger partial charge in [0.2, 0.25) is 0 Å². The number of aliphatic hydroxyl groups excluding tert-OH is 1. The molecule has 16 heavy (non-hydrogen) atoms. The van der Waals surface area contributed by atoms with Crippen molar-refractivity contribution in [3.8, 4) is 6.07 Å². The van der Waals surface area contributed by atoms with Gasteiger partial charge in [-0.25, -0.2) is 0 Å². The van der Waals surface area contributed by atoms with Crippen molar-refractivity contribution in [1.29, 1.82) is 5.26 Å². The van der Waals surface area contributed by atoms with E-state index in [2.05, 4.69) is 26.9 Å². The van der Waals surface area contributed by atoms with Crippen molar-refractivity contribution >= 4 is 21.6 Å². The molecule has 0 aromatic heterocycles. The minimum atomic E-state index is -0.233. The molecular weight excluding hydrogens is 268 g/mol. The van der Waals surface area contributed by atoms with Crippen LogP contribution < -0.4 is 4.90 Å². The molecule has 1 heterocycles. The fourth-order valence-corrected chi connectivity index (χ4v) is 2.44. The first-order chi connectivity index (χ1) is 7.70. The molecule has 1 saturated heterocycles. The fourth-order valence-electron chi connectivity index (χ4n) is 1.98. The number of aliphatic hydroxyl groups is 1. The Kier molecular flexibility index (Phi) is 3.47. The summed E-state index contributed by atoms with van der Waals surface area (Å²) in [4.78, 5) is 2.15. The van der Waals surface area contributed by atoms with Gasteiger partial charge in [0.15, 0.2) is 0 Å². The second kappa shape index (κ2) is 4.86. The lowest BCUT2D eigenvalue weighted by atomic mass is 10.1. The van der Waals surface area contributed by atoms with Crippen LogP contribution in [-0.4, -0.2) is 24.3 Å². The first kappa shape index (κ1) is 11.4. The Bertz CT molecular complexity index is 428. The molecule has 0 aliphatic carbocycles. The van der Waals surface area contributed by atoms with Crippen molar-refractivity contribution in [2.75, 3.05) is 18.0 Å². The van der Waals surface area contributed by atoms with Gasteiger partial charge in [0, 0.05) is 23.2 Å². The van der Waals surface area contributed by atoms with E-state index in [1.54, 1.807) is 6.07 Å². The van der Waals surface area contributed by atoms with E-state index in [0.717, 1.165) is 29.5 Å². The number of hydrogen-bond acceptors (Lipinski definition) is 3. The van der Waals surface area contributed by atoms with Gasteiger partial charge in [-0.1, -0.05) is 0 Å². The highest BCUT2D eigenvalue weighted by molar-refractivity contribution is 9.10.